The van der Waals surface area contributed by atoms with Crippen LogP contribution in [-0.2, 0) is 0 Å². The van der Waals surface area contributed by atoms with Gasteiger partial charge >= 0.3 is 0 Å². The van der Waals surface area contributed by atoms with Crippen LogP contribution in [0.15, 0.2) is 0 Å². The molecular weight excluding hydrogens is 252 g/mol. The van der Waals surface area contributed by atoms with Crippen LogP contribution >= 0.6 is 11.6 Å². The second-order valence-electron chi connectivity index (χ2n) is 4.96. The minimum Gasteiger partial charge on any atom is -0.394 e. The molecule has 0 aromatic carbocycles. The van der Waals surface area contributed by atoms with Gasteiger partial charge in [-0.15, -0.1) is 0 Å². The molecule has 1 saturated carbocycles. The Morgan fingerprint density at radius 3 is 2.61 bits per heavy atom. The van der Waals surface area contributed by atoms with E-state index in [1.807, 2.05) is 0 Å². The van der Waals surface area contributed by atoms with Gasteiger partial charge in [0.1, 0.15) is 0 Å². The van der Waals surface area contributed by atoms with Gasteiger partial charge in [-0.05, 0) is 31.4 Å². The summed E-state index contributed by atoms with van der Waals surface area (Å²) in [6, 6.07) is 0. The Hall–Kier alpha value is -1.07. The van der Waals surface area contributed by atoms with E-state index in [0.29, 0.717) is 17.2 Å². The van der Waals surface area contributed by atoms with E-state index in [0.717, 1.165) is 25.7 Å². The fourth-order valence-corrected chi connectivity index (χ4v) is 2.66. The zero-order valence-corrected chi connectivity index (χ0v) is 11.3. The average Bonchev–Trinajstić information content (AvgIpc) is 2.36. The lowest BCUT2D eigenvalue weighted by Gasteiger charge is -2.37. The number of aliphatic hydroxyl groups excluding tert-OH is 1. The molecule has 5 nitrogen and oxygen atoms in total. The molecule has 1 aromatic heterocycles. The first kappa shape index (κ1) is 13.4. The van der Waals surface area contributed by atoms with E-state index in [-0.39, 0.29) is 17.4 Å². The minimum absolute atomic E-state index is 0.0765. The molecule has 4 N–H and O–H groups in total. The summed E-state index contributed by atoms with van der Waals surface area (Å²) in [6.45, 7) is 1.87. The van der Waals surface area contributed by atoms with Crippen molar-refractivity contribution in [1.29, 1.82) is 0 Å². The lowest BCUT2D eigenvalue weighted by Crippen LogP contribution is -2.44. The highest BCUT2D eigenvalue weighted by molar-refractivity contribution is 6.28. The van der Waals surface area contributed by atoms with E-state index >= 15 is 0 Å². The van der Waals surface area contributed by atoms with Crippen LogP contribution in [0.3, 0.4) is 0 Å². The van der Waals surface area contributed by atoms with E-state index < -0.39 is 0 Å². The molecule has 1 fully saturated rings. The van der Waals surface area contributed by atoms with Crippen molar-refractivity contribution in [2.45, 2.75) is 44.6 Å². The number of rotatable bonds is 3. The molecule has 18 heavy (non-hydrogen) atoms. The predicted molar refractivity (Wildman–Crippen MR) is 72.7 cm³/mol. The number of nitrogen functional groups attached to an aromatic ring is 1. The molecule has 0 aliphatic heterocycles. The van der Waals surface area contributed by atoms with E-state index in [1.54, 1.807) is 6.92 Å². The number of anilines is 2. The maximum Gasteiger partial charge on any atom is 0.224 e. The first-order chi connectivity index (χ1) is 8.56. The summed E-state index contributed by atoms with van der Waals surface area (Å²) >= 11 is 5.85. The van der Waals surface area contributed by atoms with Crippen molar-refractivity contribution in [3.63, 3.8) is 0 Å². The molecular formula is C12H19ClN4O. The summed E-state index contributed by atoms with van der Waals surface area (Å²) in [6.07, 6.45) is 5.26. The normalized spacial score (nSPS) is 18.6. The number of nitrogens with one attached hydrogen (secondary N) is 1. The molecule has 1 aromatic rings. The Balaban J connectivity index is 2.26. The number of aryl methyl sites for hydroxylation is 1. The van der Waals surface area contributed by atoms with E-state index in [9.17, 15) is 5.11 Å². The van der Waals surface area contributed by atoms with Gasteiger partial charge < -0.3 is 16.2 Å². The molecule has 1 heterocycles. The van der Waals surface area contributed by atoms with Crippen molar-refractivity contribution in [3.05, 3.63) is 11.0 Å². The molecule has 0 bridgehead atoms. The van der Waals surface area contributed by atoms with Crippen LogP contribution in [0.1, 0.15) is 37.8 Å². The Labute approximate surface area is 112 Å². The van der Waals surface area contributed by atoms with Crippen molar-refractivity contribution in [1.82, 2.24) is 9.97 Å². The Morgan fingerprint density at radius 1 is 1.33 bits per heavy atom. The van der Waals surface area contributed by atoms with Crippen LogP contribution in [0.5, 0.6) is 0 Å². The van der Waals surface area contributed by atoms with E-state index in [2.05, 4.69) is 15.3 Å². The molecule has 0 radical (unpaired) electrons. The molecule has 0 spiro atoms. The zero-order valence-electron chi connectivity index (χ0n) is 10.5. The predicted octanol–water partition coefficient (Wildman–Crippen LogP) is 2.13. The maximum atomic E-state index is 9.65. The highest BCUT2D eigenvalue weighted by atomic mass is 35.5. The largest absolute Gasteiger partial charge is 0.394 e. The first-order valence-corrected chi connectivity index (χ1v) is 6.63. The van der Waals surface area contributed by atoms with Crippen molar-refractivity contribution in [3.8, 4) is 0 Å². The Bertz CT molecular complexity index is 432. The van der Waals surface area contributed by atoms with Crippen LogP contribution in [0, 0.1) is 6.92 Å². The van der Waals surface area contributed by atoms with Crippen LogP contribution in [0.25, 0.3) is 0 Å². The van der Waals surface area contributed by atoms with Gasteiger partial charge in [0.25, 0.3) is 0 Å². The first-order valence-electron chi connectivity index (χ1n) is 6.25. The number of aromatic nitrogens is 2. The number of halogens is 1. The van der Waals surface area contributed by atoms with Crippen molar-refractivity contribution >= 4 is 23.1 Å². The monoisotopic (exact) mass is 270 g/mol. The summed E-state index contributed by atoms with van der Waals surface area (Å²) in [5, 5.41) is 13.1. The van der Waals surface area contributed by atoms with Crippen LogP contribution in [0.4, 0.5) is 11.5 Å². The average molecular weight is 271 g/mol. The number of hydrogen-bond acceptors (Lipinski definition) is 5. The zero-order chi connectivity index (χ0) is 13.2. The highest BCUT2D eigenvalue weighted by Gasteiger charge is 2.32. The van der Waals surface area contributed by atoms with Gasteiger partial charge in [-0.1, -0.05) is 19.3 Å². The van der Waals surface area contributed by atoms with Gasteiger partial charge in [0, 0.05) is 0 Å². The van der Waals surface area contributed by atoms with Gasteiger partial charge in [-0.2, -0.15) is 4.98 Å². The van der Waals surface area contributed by atoms with Gasteiger partial charge in [-0.3, -0.25) is 0 Å². The van der Waals surface area contributed by atoms with Crippen molar-refractivity contribution < 1.29 is 5.11 Å². The van der Waals surface area contributed by atoms with Crippen LogP contribution in [0.2, 0.25) is 5.28 Å². The topological polar surface area (TPSA) is 84.1 Å². The number of nitrogens with zero attached hydrogens (tertiary/aromatic N) is 2. The molecule has 6 heteroatoms. The molecule has 2 rings (SSSR count). The smallest absolute Gasteiger partial charge is 0.224 e. The summed E-state index contributed by atoms with van der Waals surface area (Å²) in [5.74, 6) is 0.531. The molecule has 1 aliphatic carbocycles. The third-order valence-electron chi connectivity index (χ3n) is 3.61. The van der Waals surface area contributed by atoms with Gasteiger partial charge in [0.2, 0.25) is 5.28 Å². The van der Waals surface area contributed by atoms with Gasteiger partial charge in [-0.25, -0.2) is 4.98 Å². The molecule has 1 aliphatic rings. The third kappa shape index (κ3) is 2.67. The summed E-state index contributed by atoms with van der Waals surface area (Å²) in [4.78, 5) is 8.13. The minimum atomic E-state index is -0.323. The second-order valence-corrected chi connectivity index (χ2v) is 5.30. The molecule has 0 unspecified atom stereocenters. The third-order valence-corrected chi connectivity index (χ3v) is 3.77. The van der Waals surface area contributed by atoms with Crippen LogP contribution in [-0.4, -0.2) is 27.2 Å². The second kappa shape index (κ2) is 5.28. The number of hydrogen-bond donors (Lipinski definition) is 3. The number of aliphatic hydroxyl groups is 1. The summed E-state index contributed by atoms with van der Waals surface area (Å²) in [5.41, 5.74) is 6.78. The molecule has 0 saturated heterocycles. The van der Waals surface area contributed by atoms with E-state index in [4.69, 9.17) is 17.3 Å². The highest BCUT2D eigenvalue weighted by Crippen LogP contribution is 2.33. The van der Waals surface area contributed by atoms with Gasteiger partial charge in [0.05, 0.1) is 23.5 Å². The van der Waals surface area contributed by atoms with Gasteiger partial charge in [0.15, 0.2) is 5.82 Å². The molecule has 0 atom stereocenters. The van der Waals surface area contributed by atoms with E-state index in [1.165, 1.54) is 6.42 Å². The van der Waals surface area contributed by atoms with Crippen molar-refractivity contribution in [2.75, 3.05) is 17.7 Å². The lowest BCUT2D eigenvalue weighted by molar-refractivity contribution is 0.172. The quantitative estimate of drug-likeness (QED) is 0.733. The Kier molecular flexibility index (Phi) is 3.92. The summed E-state index contributed by atoms with van der Waals surface area (Å²) < 4.78 is 0. The molecule has 100 valence electrons. The fraction of sp³-hybridized carbons (Fsp3) is 0.667. The summed E-state index contributed by atoms with van der Waals surface area (Å²) in [7, 11) is 0. The SMILES string of the molecule is Cc1nc(Cl)nc(NC2(CO)CCCCC2)c1N. The fourth-order valence-electron chi connectivity index (χ4n) is 2.45. The Morgan fingerprint density at radius 2 is 2.00 bits per heavy atom. The maximum absolute atomic E-state index is 9.65. The molecule has 0 amide bonds. The number of nitrogens with two attached hydrogens (primary N) is 1. The lowest BCUT2D eigenvalue weighted by atomic mass is 9.82. The standard InChI is InChI=1S/C12H19ClN4O/c1-8-9(14)10(16-11(13)15-8)17-12(7-18)5-3-2-4-6-12/h18H,2-7,14H2,1H3,(H,15,16,17). The van der Waals surface area contributed by atoms with Crippen LogP contribution < -0.4 is 11.1 Å². The van der Waals surface area contributed by atoms with Crippen molar-refractivity contribution in [2.24, 2.45) is 0 Å².